The van der Waals surface area contributed by atoms with Crippen LogP contribution in [0.3, 0.4) is 0 Å². The van der Waals surface area contributed by atoms with Crippen molar-refractivity contribution >= 4 is 48.9 Å². The van der Waals surface area contributed by atoms with Gasteiger partial charge < -0.3 is 0 Å². The average Bonchev–Trinajstić information content (AvgIpc) is 2.27. The van der Waals surface area contributed by atoms with E-state index < -0.39 is 20.0 Å². The molecule has 0 radical (unpaired) electrons. The van der Waals surface area contributed by atoms with Crippen molar-refractivity contribution in [3.8, 4) is 0 Å². The zero-order valence-electron chi connectivity index (χ0n) is 10.8. The zero-order chi connectivity index (χ0) is 15.7. The van der Waals surface area contributed by atoms with Gasteiger partial charge in [0, 0.05) is 0 Å². The van der Waals surface area contributed by atoms with Gasteiger partial charge >= 0.3 is 0 Å². The number of rotatable bonds is 5. The van der Waals surface area contributed by atoms with Crippen molar-refractivity contribution in [1.82, 2.24) is 0 Å². The van der Waals surface area contributed by atoms with Crippen LogP contribution in [0.25, 0.3) is 0 Å². The van der Waals surface area contributed by atoms with Gasteiger partial charge in [0.15, 0.2) is 0 Å². The summed E-state index contributed by atoms with van der Waals surface area (Å²) in [4.78, 5) is -0.245. The van der Waals surface area contributed by atoms with Crippen LogP contribution >= 0.6 is 23.2 Å². The Hall–Kier alpha value is -0.540. The minimum atomic E-state index is -4.00. The van der Waals surface area contributed by atoms with Crippen LogP contribution in [-0.2, 0) is 20.0 Å². The van der Waals surface area contributed by atoms with Gasteiger partial charge in [0.1, 0.15) is 0 Å². The van der Waals surface area contributed by atoms with E-state index in [9.17, 15) is 16.8 Å². The first-order valence-corrected chi connectivity index (χ1v) is 9.47. The van der Waals surface area contributed by atoms with E-state index in [-0.39, 0.29) is 31.9 Å². The molecule has 10 heteroatoms. The van der Waals surface area contributed by atoms with E-state index in [1.54, 1.807) is 6.92 Å². The summed E-state index contributed by atoms with van der Waals surface area (Å²) in [7, 11) is -7.59. The lowest BCUT2D eigenvalue weighted by Gasteiger charge is -2.14. The van der Waals surface area contributed by atoms with Crippen LogP contribution in [-0.4, -0.2) is 22.6 Å². The molecule has 0 aromatic heterocycles. The maximum atomic E-state index is 11.7. The molecule has 1 rings (SSSR count). The average molecular weight is 361 g/mol. The predicted molar refractivity (Wildman–Crippen MR) is 80.3 cm³/mol. The normalized spacial score (nSPS) is 12.4. The molecule has 6 nitrogen and oxygen atoms in total. The smallest absolute Gasteiger partial charge is 0.238 e. The fourth-order valence-corrected chi connectivity index (χ4v) is 4.32. The van der Waals surface area contributed by atoms with Crippen molar-refractivity contribution in [2.24, 2.45) is 5.14 Å². The first-order valence-electron chi connectivity index (χ1n) is 5.51. The Bertz CT molecular complexity index is 730. The summed E-state index contributed by atoms with van der Waals surface area (Å²) in [5.41, 5.74) is 0.0828. The third-order valence-electron chi connectivity index (χ3n) is 2.45. The van der Waals surface area contributed by atoms with Gasteiger partial charge in [-0.05, 0) is 25.0 Å². The summed E-state index contributed by atoms with van der Waals surface area (Å²) in [6, 6.07) is 1.07. The van der Waals surface area contributed by atoms with E-state index in [0.717, 1.165) is 6.07 Å². The molecular weight excluding hydrogens is 347 g/mol. The highest BCUT2D eigenvalue weighted by Gasteiger charge is 2.22. The Labute approximate surface area is 128 Å². The van der Waals surface area contributed by atoms with Crippen LogP contribution < -0.4 is 9.86 Å². The molecule has 0 saturated carbocycles. The van der Waals surface area contributed by atoms with E-state index in [0.29, 0.717) is 6.42 Å². The van der Waals surface area contributed by atoms with Crippen LogP contribution in [0.15, 0.2) is 11.0 Å². The number of nitrogens with one attached hydrogen (secondary N) is 1. The van der Waals surface area contributed by atoms with Crippen LogP contribution in [0.5, 0.6) is 0 Å². The second-order valence-electron chi connectivity index (χ2n) is 4.14. The Balaban J connectivity index is 3.43. The summed E-state index contributed by atoms with van der Waals surface area (Å²) in [5, 5.41) is 4.81. The van der Waals surface area contributed by atoms with Crippen LogP contribution in [0, 0.1) is 6.92 Å². The number of hydrogen-bond acceptors (Lipinski definition) is 4. The third kappa shape index (κ3) is 3.98. The maximum Gasteiger partial charge on any atom is 0.238 e. The molecule has 0 amide bonds. The number of primary sulfonamides is 1. The second-order valence-corrected chi connectivity index (χ2v) is 8.29. The first kappa shape index (κ1) is 17.5. The molecule has 1 aromatic rings. The highest BCUT2D eigenvalue weighted by Crippen LogP contribution is 2.37. The third-order valence-corrected chi connectivity index (χ3v) is 5.72. The molecule has 114 valence electrons. The van der Waals surface area contributed by atoms with Gasteiger partial charge in [-0.1, -0.05) is 30.1 Å². The summed E-state index contributed by atoms with van der Waals surface area (Å²) >= 11 is 11.9. The Morgan fingerprint density at radius 2 is 1.80 bits per heavy atom. The van der Waals surface area contributed by atoms with Gasteiger partial charge in [-0.25, -0.2) is 22.0 Å². The Morgan fingerprint density at radius 1 is 1.25 bits per heavy atom. The summed E-state index contributed by atoms with van der Waals surface area (Å²) in [5.74, 6) is -0.102. The lowest BCUT2D eigenvalue weighted by atomic mass is 10.2. The number of benzene rings is 1. The summed E-state index contributed by atoms with van der Waals surface area (Å²) in [6.07, 6.45) is 0.415. The van der Waals surface area contributed by atoms with Crippen molar-refractivity contribution in [2.75, 3.05) is 10.5 Å². The summed E-state index contributed by atoms with van der Waals surface area (Å²) < 4.78 is 48.5. The van der Waals surface area contributed by atoms with Crippen LogP contribution in [0.2, 0.25) is 10.0 Å². The standard InChI is InChI=1S/C10H14Cl2N2O4S2/c1-3-4-19(15,16)14-10-7(11)5-8(20(13,17)18)6(2)9(10)12/h5,14H,3-4H2,1-2H3,(H2,13,17,18). The van der Waals surface area contributed by atoms with Gasteiger partial charge in [-0.3, -0.25) is 4.72 Å². The van der Waals surface area contributed by atoms with Gasteiger partial charge in [0.05, 0.1) is 26.4 Å². The number of anilines is 1. The first-order chi connectivity index (χ1) is 8.99. The number of nitrogens with two attached hydrogens (primary N) is 1. The quantitative estimate of drug-likeness (QED) is 0.837. The van der Waals surface area contributed by atoms with Crippen LogP contribution in [0.4, 0.5) is 5.69 Å². The van der Waals surface area contributed by atoms with Crippen molar-refractivity contribution in [2.45, 2.75) is 25.2 Å². The fraction of sp³-hybridized carbons (Fsp3) is 0.400. The number of sulfonamides is 2. The molecule has 0 aliphatic heterocycles. The molecule has 1 aromatic carbocycles. The minimum Gasteiger partial charge on any atom is -0.281 e. The Morgan fingerprint density at radius 3 is 2.25 bits per heavy atom. The molecule has 0 atom stereocenters. The van der Waals surface area contributed by atoms with E-state index >= 15 is 0 Å². The highest BCUT2D eigenvalue weighted by atomic mass is 35.5. The topological polar surface area (TPSA) is 106 Å². The molecule has 0 spiro atoms. The zero-order valence-corrected chi connectivity index (χ0v) is 13.9. The highest BCUT2D eigenvalue weighted by molar-refractivity contribution is 7.92. The van der Waals surface area contributed by atoms with Crippen molar-refractivity contribution < 1.29 is 16.8 Å². The Kier molecular flexibility index (Phi) is 5.31. The SMILES string of the molecule is CCCS(=O)(=O)Nc1c(Cl)cc(S(N)(=O)=O)c(C)c1Cl. The van der Waals surface area contributed by atoms with Crippen molar-refractivity contribution in [3.63, 3.8) is 0 Å². The van der Waals surface area contributed by atoms with Crippen molar-refractivity contribution in [1.29, 1.82) is 0 Å². The van der Waals surface area contributed by atoms with Gasteiger partial charge in [0.25, 0.3) is 0 Å². The maximum absolute atomic E-state index is 11.7. The molecule has 0 aliphatic carbocycles. The van der Waals surface area contributed by atoms with Gasteiger partial charge in [0.2, 0.25) is 20.0 Å². The van der Waals surface area contributed by atoms with E-state index in [2.05, 4.69) is 4.72 Å². The molecular formula is C10H14Cl2N2O4S2. The number of halogens is 2. The molecule has 0 fully saturated rings. The lowest BCUT2D eigenvalue weighted by molar-refractivity contribution is 0.596. The van der Waals surface area contributed by atoms with Crippen molar-refractivity contribution in [3.05, 3.63) is 21.7 Å². The second kappa shape index (κ2) is 6.07. The molecule has 3 N–H and O–H groups in total. The van der Waals surface area contributed by atoms with Gasteiger partial charge in [-0.2, -0.15) is 0 Å². The molecule has 0 saturated heterocycles. The lowest BCUT2D eigenvalue weighted by Crippen LogP contribution is -2.18. The monoisotopic (exact) mass is 360 g/mol. The largest absolute Gasteiger partial charge is 0.281 e. The van der Waals surface area contributed by atoms with Crippen LogP contribution in [0.1, 0.15) is 18.9 Å². The molecule has 0 aliphatic rings. The molecule has 0 unspecified atom stereocenters. The van der Waals surface area contributed by atoms with E-state index in [1.807, 2.05) is 0 Å². The number of hydrogen-bond donors (Lipinski definition) is 2. The molecule has 20 heavy (non-hydrogen) atoms. The predicted octanol–water partition coefficient (Wildman–Crippen LogP) is 2.10. The van der Waals surface area contributed by atoms with Gasteiger partial charge in [-0.15, -0.1) is 0 Å². The summed E-state index contributed by atoms with van der Waals surface area (Å²) in [6.45, 7) is 3.12. The van der Waals surface area contributed by atoms with E-state index in [4.69, 9.17) is 28.3 Å². The molecule has 0 heterocycles. The van der Waals surface area contributed by atoms with E-state index in [1.165, 1.54) is 6.92 Å². The fourth-order valence-electron chi connectivity index (χ4n) is 1.56. The minimum absolute atomic E-state index is 0.0494. The molecule has 0 bridgehead atoms.